The second kappa shape index (κ2) is 6.35. The molecule has 1 aliphatic carbocycles. The van der Waals surface area contributed by atoms with Gasteiger partial charge >= 0.3 is 0 Å². The monoisotopic (exact) mass is 381 g/mol. The number of carbonyl (C=O) groups is 1. The van der Waals surface area contributed by atoms with Crippen LogP contribution in [0.4, 0.5) is 15.8 Å². The standard InChI is InChI=1S/C20H16FN3O2S/c21-14-3-1-2-4-15(14)23-20-24(13-6-7-13)17(11-27-20)12-5-8-18-16(9-12)22-19(25)10-26-18/h1-5,8-9,11,13H,6-7,10H2,(H,22,25). The van der Waals surface area contributed by atoms with E-state index in [-0.39, 0.29) is 18.3 Å². The molecule has 7 heteroatoms. The second-order valence-corrected chi connectivity index (χ2v) is 7.45. The number of aromatic nitrogens is 1. The van der Waals surface area contributed by atoms with Gasteiger partial charge in [0.1, 0.15) is 17.3 Å². The van der Waals surface area contributed by atoms with Gasteiger partial charge in [-0.15, -0.1) is 11.3 Å². The molecule has 5 rings (SSSR count). The van der Waals surface area contributed by atoms with Crippen LogP contribution in [0.5, 0.6) is 5.75 Å². The van der Waals surface area contributed by atoms with Gasteiger partial charge in [0, 0.05) is 17.0 Å². The molecule has 5 nitrogen and oxygen atoms in total. The number of rotatable bonds is 3. The van der Waals surface area contributed by atoms with Gasteiger partial charge in [-0.1, -0.05) is 12.1 Å². The zero-order valence-corrected chi connectivity index (χ0v) is 15.1. The number of hydrogen-bond acceptors (Lipinski definition) is 4. The summed E-state index contributed by atoms with van der Waals surface area (Å²) in [6.07, 6.45) is 2.16. The summed E-state index contributed by atoms with van der Waals surface area (Å²) in [6.45, 7) is 0.0402. The third-order valence-electron chi connectivity index (χ3n) is 4.63. The predicted molar refractivity (Wildman–Crippen MR) is 102 cm³/mol. The van der Waals surface area contributed by atoms with Gasteiger partial charge in [-0.25, -0.2) is 9.38 Å². The van der Waals surface area contributed by atoms with Crippen molar-refractivity contribution < 1.29 is 13.9 Å². The number of halogens is 1. The average molecular weight is 381 g/mol. The summed E-state index contributed by atoms with van der Waals surface area (Å²) in [5.74, 6) is 0.182. The van der Waals surface area contributed by atoms with E-state index in [1.807, 2.05) is 23.6 Å². The number of ether oxygens (including phenoxy) is 1. The molecule has 27 heavy (non-hydrogen) atoms. The minimum Gasteiger partial charge on any atom is -0.482 e. The van der Waals surface area contributed by atoms with Gasteiger partial charge in [-0.3, -0.25) is 4.79 Å². The first-order valence-corrected chi connectivity index (χ1v) is 9.63. The highest BCUT2D eigenvalue weighted by molar-refractivity contribution is 7.07. The normalized spacial score (nSPS) is 16.6. The van der Waals surface area contributed by atoms with Gasteiger partial charge in [0.05, 0.1) is 11.4 Å². The van der Waals surface area contributed by atoms with Crippen LogP contribution in [0.25, 0.3) is 11.3 Å². The smallest absolute Gasteiger partial charge is 0.262 e. The Bertz CT molecular complexity index is 1110. The van der Waals surface area contributed by atoms with E-state index in [0.29, 0.717) is 23.2 Å². The van der Waals surface area contributed by atoms with Crippen molar-refractivity contribution in [3.63, 3.8) is 0 Å². The number of carbonyl (C=O) groups excluding carboxylic acids is 1. The van der Waals surface area contributed by atoms with Gasteiger partial charge < -0.3 is 14.6 Å². The Kier molecular flexibility index (Phi) is 3.82. The van der Waals surface area contributed by atoms with Crippen LogP contribution in [0.3, 0.4) is 0 Å². The molecule has 1 N–H and O–H groups in total. The SMILES string of the molecule is O=C1COc2ccc(-c3csc(=Nc4ccccc4F)n3C3CC3)cc2N1. The Balaban J connectivity index is 1.62. The highest BCUT2D eigenvalue weighted by atomic mass is 32.1. The van der Waals surface area contributed by atoms with Crippen LogP contribution in [0.2, 0.25) is 0 Å². The van der Waals surface area contributed by atoms with Crippen molar-refractivity contribution >= 4 is 28.6 Å². The molecule has 1 aliphatic heterocycles. The topological polar surface area (TPSA) is 55.6 Å². The molecule has 2 aliphatic rings. The van der Waals surface area contributed by atoms with Crippen molar-refractivity contribution in [2.45, 2.75) is 18.9 Å². The summed E-state index contributed by atoms with van der Waals surface area (Å²) in [5.41, 5.74) is 2.99. The van der Waals surface area contributed by atoms with E-state index in [0.717, 1.165) is 28.9 Å². The third-order valence-corrected chi connectivity index (χ3v) is 5.47. The van der Waals surface area contributed by atoms with E-state index in [4.69, 9.17) is 4.74 Å². The number of anilines is 1. The third kappa shape index (κ3) is 3.04. The summed E-state index contributed by atoms with van der Waals surface area (Å²) in [5, 5.41) is 4.88. The molecule has 1 saturated carbocycles. The molecule has 0 saturated heterocycles. The van der Waals surface area contributed by atoms with E-state index in [1.165, 1.54) is 17.4 Å². The zero-order chi connectivity index (χ0) is 18.4. The molecule has 0 unspecified atom stereocenters. The molecular formula is C20H16FN3O2S. The van der Waals surface area contributed by atoms with Crippen LogP contribution in [0, 0.1) is 5.82 Å². The van der Waals surface area contributed by atoms with E-state index in [9.17, 15) is 9.18 Å². The number of benzene rings is 2. The maximum absolute atomic E-state index is 14.0. The Morgan fingerprint density at radius 1 is 1.22 bits per heavy atom. The van der Waals surface area contributed by atoms with Crippen molar-refractivity contribution in [1.82, 2.24) is 4.57 Å². The fourth-order valence-electron chi connectivity index (χ4n) is 3.19. The summed E-state index contributed by atoms with van der Waals surface area (Å²) in [7, 11) is 0. The quantitative estimate of drug-likeness (QED) is 0.737. The molecule has 1 aromatic heterocycles. The minimum atomic E-state index is -0.330. The molecule has 2 aromatic carbocycles. The number of hydrogen-bond donors (Lipinski definition) is 1. The van der Waals surface area contributed by atoms with Crippen molar-refractivity contribution in [3.8, 4) is 17.0 Å². The Hall–Kier alpha value is -2.93. The Labute approximate surface area is 158 Å². The van der Waals surface area contributed by atoms with Crippen molar-refractivity contribution in [1.29, 1.82) is 0 Å². The lowest BCUT2D eigenvalue weighted by molar-refractivity contribution is -0.118. The average Bonchev–Trinajstić information content (AvgIpc) is 3.43. The number of amides is 1. The molecule has 0 spiro atoms. The lowest BCUT2D eigenvalue weighted by atomic mass is 10.1. The minimum absolute atomic E-state index is 0.0402. The van der Waals surface area contributed by atoms with Gasteiger partial charge in [-0.2, -0.15) is 0 Å². The van der Waals surface area contributed by atoms with Crippen LogP contribution in [0.15, 0.2) is 52.8 Å². The van der Waals surface area contributed by atoms with Crippen LogP contribution in [-0.2, 0) is 4.79 Å². The number of nitrogens with one attached hydrogen (secondary N) is 1. The van der Waals surface area contributed by atoms with Crippen molar-refractivity contribution in [2.24, 2.45) is 4.99 Å². The maximum Gasteiger partial charge on any atom is 0.262 e. The largest absolute Gasteiger partial charge is 0.482 e. The first kappa shape index (κ1) is 16.3. The number of nitrogens with zero attached hydrogens (tertiary/aromatic N) is 2. The number of thiazole rings is 1. The fraction of sp³-hybridized carbons (Fsp3) is 0.200. The predicted octanol–water partition coefficient (Wildman–Crippen LogP) is 4.25. The molecule has 1 amide bonds. The van der Waals surface area contributed by atoms with Crippen LogP contribution >= 0.6 is 11.3 Å². The molecule has 136 valence electrons. The lowest BCUT2D eigenvalue weighted by Gasteiger charge is -2.19. The molecule has 2 heterocycles. The second-order valence-electron chi connectivity index (χ2n) is 6.62. The highest BCUT2D eigenvalue weighted by Crippen LogP contribution is 2.40. The van der Waals surface area contributed by atoms with Gasteiger partial charge in [0.2, 0.25) is 0 Å². The fourth-order valence-corrected chi connectivity index (χ4v) is 4.16. The first-order chi connectivity index (χ1) is 13.2. The Morgan fingerprint density at radius 2 is 2.07 bits per heavy atom. The van der Waals surface area contributed by atoms with E-state index in [2.05, 4.69) is 14.9 Å². The molecule has 3 aromatic rings. The summed E-state index contributed by atoms with van der Waals surface area (Å²) >= 11 is 1.49. The lowest BCUT2D eigenvalue weighted by Crippen LogP contribution is -2.25. The van der Waals surface area contributed by atoms with Crippen molar-refractivity contribution in [3.05, 3.63) is 58.5 Å². The summed E-state index contributed by atoms with van der Waals surface area (Å²) < 4.78 is 21.6. The van der Waals surface area contributed by atoms with Crippen molar-refractivity contribution in [2.75, 3.05) is 11.9 Å². The van der Waals surface area contributed by atoms with Crippen LogP contribution in [-0.4, -0.2) is 17.1 Å². The highest BCUT2D eigenvalue weighted by Gasteiger charge is 2.28. The summed E-state index contributed by atoms with van der Waals surface area (Å²) in [6, 6.07) is 12.7. The molecular weight excluding hydrogens is 365 g/mol. The molecule has 0 bridgehead atoms. The first-order valence-electron chi connectivity index (χ1n) is 8.75. The Morgan fingerprint density at radius 3 is 2.89 bits per heavy atom. The molecule has 0 radical (unpaired) electrons. The van der Waals surface area contributed by atoms with Gasteiger partial charge in [0.15, 0.2) is 11.4 Å². The van der Waals surface area contributed by atoms with E-state index >= 15 is 0 Å². The van der Waals surface area contributed by atoms with Gasteiger partial charge in [-0.05, 0) is 43.2 Å². The van der Waals surface area contributed by atoms with E-state index in [1.54, 1.807) is 18.2 Å². The summed E-state index contributed by atoms with van der Waals surface area (Å²) in [4.78, 5) is 16.9. The maximum atomic E-state index is 14.0. The van der Waals surface area contributed by atoms with Crippen LogP contribution in [0.1, 0.15) is 18.9 Å². The van der Waals surface area contributed by atoms with Gasteiger partial charge in [0.25, 0.3) is 5.91 Å². The molecule has 0 atom stereocenters. The van der Waals surface area contributed by atoms with Crippen LogP contribution < -0.4 is 14.9 Å². The zero-order valence-electron chi connectivity index (χ0n) is 14.3. The molecule has 1 fully saturated rings. The number of fused-ring (bicyclic) bond motifs is 1. The number of para-hydroxylation sites is 1. The van der Waals surface area contributed by atoms with E-state index < -0.39 is 0 Å².